The Hall–Kier alpha value is -0.530. The van der Waals surface area contributed by atoms with Crippen molar-refractivity contribution in [2.45, 2.75) is 54.9 Å². The second kappa shape index (κ2) is 17.5. The van der Waals surface area contributed by atoms with E-state index in [0.717, 1.165) is 13.0 Å². The van der Waals surface area contributed by atoms with Gasteiger partial charge >= 0.3 is 0 Å². The van der Waals surface area contributed by atoms with Crippen LogP contribution in [0.1, 0.15) is 54.9 Å². The molecule has 0 spiro atoms. The zero-order valence-corrected chi connectivity index (χ0v) is 10.4. The van der Waals surface area contributed by atoms with Crippen molar-refractivity contribution in [3.63, 3.8) is 0 Å². The lowest BCUT2D eigenvalue weighted by Crippen LogP contribution is -2.28. The van der Waals surface area contributed by atoms with Gasteiger partial charge in [-0.25, -0.2) is 0 Å². The minimum atomic E-state index is 0.167. The van der Waals surface area contributed by atoms with Gasteiger partial charge in [0, 0.05) is 12.5 Å². The Kier molecular flexibility index (Phi) is 24.7. The van der Waals surface area contributed by atoms with Crippen LogP contribution >= 0.6 is 0 Å². The molecule has 0 bridgehead atoms. The van der Waals surface area contributed by atoms with Crippen LogP contribution in [0.3, 0.4) is 0 Å². The number of hydrogen-bond acceptors (Lipinski definition) is 1. The van der Waals surface area contributed by atoms with Crippen molar-refractivity contribution in [1.29, 1.82) is 0 Å². The van der Waals surface area contributed by atoms with Gasteiger partial charge in [-0.2, -0.15) is 0 Å². The number of amides is 1. The summed E-state index contributed by atoms with van der Waals surface area (Å²) in [4.78, 5) is 10.9. The summed E-state index contributed by atoms with van der Waals surface area (Å²) >= 11 is 0. The first kappa shape index (κ1) is 18.3. The van der Waals surface area contributed by atoms with Crippen molar-refractivity contribution >= 4 is 5.91 Å². The SMILES string of the molecule is CC.CC.CCNC(=O)C(C)CC. The second-order valence-electron chi connectivity index (χ2n) is 2.20. The molecule has 0 aromatic heterocycles. The average molecular weight is 189 g/mol. The van der Waals surface area contributed by atoms with Crippen molar-refractivity contribution in [1.82, 2.24) is 5.32 Å². The predicted molar refractivity (Wildman–Crippen MR) is 60.8 cm³/mol. The van der Waals surface area contributed by atoms with Gasteiger partial charge in [-0.3, -0.25) is 4.79 Å². The van der Waals surface area contributed by atoms with Crippen molar-refractivity contribution in [2.75, 3.05) is 6.54 Å². The molecule has 0 saturated carbocycles. The summed E-state index contributed by atoms with van der Waals surface area (Å²) in [5, 5.41) is 2.76. The van der Waals surface area contributed by atoms with E-state index in [0.29, 0.717) is 0 Å². The van der Waals surface area contributed by atoms with Crippen LogP contribution in [0.2, 0.25) is 0 Å². The maximum Gasteiger partial charge on any atom is 0.222 e. The number of carbonyl (C=O) groups excluding carboxylic acids is 1. The van der Waals surface area contributed by atoms with Crippen molar-refractivity contribution < 1.29 is 4.79 Å². The Bertz CT molecular complexity index is 92.1. The zero-order chi connectivity index (χ0) is 11.3. The molecule has 0 fully saturated rings. The Labute approximate surface area is 84.1 Å². The minimum Gasteiger partial charge on any atom is -0.356 e. The van der Waals surface area contributed by atoms with Crippen LogP contribution < -0.4 is 5.32 Å². The Morgan fingerprint density at radius 2 is 1.54 bits per heavy atom. The summed E-state index contributed by atoms with van der Waals surface area (Å²) in [7, 11) is 0. The Morgan fingerprint density at radius 3 is 1.77 bits per heavy atom. The largest absolute Gasteiger partial charge is 0.356 e. The minimum absolute atomic E-state index is 0.167. The average Bonchev–Trinajstić information content (AvgIpc) is 2.23. The molecule has 0 aliphatic heterocycles. The van der Waals surface area contributed by atoms with Gasteiger partial charge in [0.15, 0.2) is 0 Å². The molecule has 0 aliphatic carbocycles. The summed E-state index contributed by atoms with van der Waals surface area (Å²) in [6, 6.07) is 0. The molecule has 0 aromatic rings. The van der Waals surface area contributed by atoms with Crippen LogP contribution in [0, 0.1) is 5.92 Å². The summed E-state index contributed by atoms with van der Waals surface area (Å²) in [6.07, 6.45) is 0.922. The summed E-state index contributed by atoms with van der Waals surface area (Å²) in [6.45, 7) is 14.6. The van der Waals surface area contributed by atoms with Crippen LogP contribution in [0.4, 0.5) is 0 Å². The first-order chi connectivity index (χ1) is 6.22. The molecule has 2 nitrogen and oxygen atoms in total. The standard InChI is InChI=1S/C7H15NO.2C2H6/c1-4-6(3)7(9)8-5-2;2*1-2/h6H,4-5H2,1-3H3,(H,8,9);2*1-2H3. The van der Waals surface area contributed by atoms with Crippen molar-refractivity contribution in [3.8, 4) is 0 Å². The molecule has 1 atom stereocenters. The highest BCUT2D eigenvalue weighted by atomic mass is 16.1. The molecule has 0 heterocycles. The van der Waals surface area contributed by atoms with Gasteiger partial charge in [-0.15, -0.1) is 0 Å². The van der Waals surface area contributed by atoms with Crippen LogP contribution in [0.25, 0.3) is 0 Å². The third-order valence-corrected chi connectivity index (χ3v) is 1.41. The lowest BCUT2D eigenvalue weighted by atomic mass is 10.1. The van der Waals surface area contributed by atoms with E-state index in [1.807, 2.05) is 48.5 Å². The van der Waals surface area contributed by atoms with E-state index in [4.69, 9.17) is 0 Å². The first-order valence-corrected chi connectivity index (χ1v) is 5.50. The van der Waals surface area contributed by atoms with E-state index in [1.165, 1.54) is 0 Å². The van der Waals surface area contributed by atoms with Crippen LogP contribution in [-0.2, 0) is 4.79 Å². The van der Waals surface area contributed by atoms with E-state index in [9.17, 15) is 4.79 Å². The van der Waals surface area contributed by atoms with Crippen molar-refractivity contribution in [2.24, 2.45) is 5.92 Å². The van der Waals surface area contributed by atoms with Crippen LogP contribution in [-0.4, -0.2) is 12.5 Å². The quantitative estimate of drug-likeness (QED) is 0.725. The molecule has 0 saturated heterocycles. The van der Waals surface area contributed by atoms with E-state index < -0.39 is 0 Å². The molecule has 1 amide bonds. The molecule has 0 aliphatic rings. The van der Waals surface area contributed by atoms with Crippen molar-refractivity contribution in [3.05, 3.63) is 0 Å². The fourth-order valence-electron chi connectivity index (χ4n) is 0.534. The van der Waals surface area contributed by atoms with Gasteiger partial charge in [0.25, 0.3) is 0 Å². The molecular weight excluding hydrogens is 162 g/mol. The van der Waals surface area contributed by atoms with Gasteiger partial charge < -0.3 is 5.32 Å². The first-order valence-electron chi connectivity index (χ1n) is 5.50. The highest BCUT2D eigenvalue weighted by molar-refractivity contribution is 5.78. The number of nitrogens with one attached hydrogen (secondary N) is 1. The van der Waals surface area contributed by atoms with E-state index in [1.54, 1.807) is 0 Å². The molecule has 0 rings (SSSR count). The van der Waals surface area contributed by atoms with E-state index in [2.05, 4.69) is 5.32 Å². The van der Waals surface area contributed by atoms with Gasteiger partial charge in [-0.1, -0.05) is 41.5 Å². The third-order valence-electron chi connectivity index (χ3n) is 1.41. The molecule has 0 radical (unpaired) electrons. The smallest absolute Gasteiger partial charge is 0.222 e. The van der Waals surface area contributed by atoms with Crippen LogP contribution in [0.15, 0.2) is 0 Å². The lowest BCUT2D eigenvalue weighted by molar-refractivity contribution is -0.124. The van der Waals surface area contributed by atoms with Gasteiger partial charge in [-0.05, 0) is 13.3 Å². The predicted octanol–water partition coefficient (Wildman–Crippen LogP) is 3.22. The van der Waals surface area contributed by atoms with E-state index in [-0.39, 0.29) is 11.8 Å². The maximum absolute atomic E-state index is 10.9. The molecule has 13 heavy (non-hydrogen) atoms. The van der Waals surface area contributed by atoms with Gasteiger partial charge in [0.1, 0.15) is 0 Å². The topological polar surface area (TPSA) is 29.1 Å². The summed E-state index contributed by atoms with van der Waals surface area (Å²) < 4.78 is 0. The number of hydrogen-bond donors (Lipinski definition) is 1. The Morgan fingerprint density at radius 1 is 1.15 bits per heavy atom. The normalized spacial score (nSPS) is 9.77. The highest BCUT2D eigenvalue weighted by Gasteiger charge is 2.06. The van der Waals surface area contributed by atoms with Crippen LogP contribution in [0.5, 0.6) is 0 Å². The van der Waals surface area contributed by atoms with Gasteiger partial charge in [0.2, 0.25) is 5.91 Å². The molecule has 82 valence electrons. The number of rotatable bonds is 3. The monoisotopic (exact) mass is 189 g/mol. The molecule has 0 aromatic carbocycles. The molecule has 2 heteroatoms. The zero-order valence-electron chi connectivity index (χ0n) is 10.4. The molecular formula is C11H27NO. The third kappa shape index (κ3) is 14.3. The summed E-state index contributed by atoms with van der Waals surface area (Å²) in [5.41, 5.74) is 0. The maximum atomic E-state index is 10.9. The fourth-order valence-corrected chi connectivity index (χ4v) is 0.534. The lowest BCUT2D eigenvalue weighted by Gasteiger charge is -2.06. The second-order valence-corrected chi connectivity index (χ2v) is 2.20. The molecule has 1 N–H and O–H groups in total. The van der Waals surface area contributed by atoms with Gasteiger partial charge in [0.05, 0.1) is 0 Å². The fraction of sp³-hybridized carbons (Fsp3) is 0.909. The highest BCUT2D eigenvalue weighted by Crippen LogP contribution is 1.98. The molecule has 1 unspecified atom stereocenters. The summed E-state index contributed by atoms with van der Waals surface area (Å²) in [5.74, 6) is 0.338. The Balaban J connectivity index is -0.000000218. The van der Waals surface area contributed by atoms with E-state index >= 15 is 0 Å². The number of carbonyl (C=O) groups is 1.